The van der Waals surface area contributed by atoms with Gasteiger partial charge in [0.25, 0.3) is 0 Å². The first-order chi connectivity index (χ1) is 10.4. The molecule has 0 fully saturated rings. The van der Waals surface area contributed by atoms with E-state index in [2.05, 4.69) is 0 Å². The molecule has 120 valence electrons. The third kappa shape index (κ3) is 9.08. The van der Waals surface area contributed by atoms with E-state index in [4.69, 9.17) is 9.47 Å². The standard InChI is InChI=1S/C18H24O4/c1-18(2,3)22-17(20)14-16(19)11-13-21-12-7-10-15-8-5-4-6-9-15/h4-10H,11-14H2,1-3H3/b10-7+. The first-order valence-corrected chi connectivity index (χ1v) is 7.40. The minimum Gasteiger partial charge on any atom is -0.460 e. The smallest absolute Gasteiger partial charge is 0.313 e. The summed E-state index contributed by atoms with van der Waals surface area (Å²) in [5.41, 5.74) is 0.544. The van der Waals surface area contributed by atoms with Crippen molar-refractivity contribution in [2.75, 3.05) is 13.2 Å². The summed E-state index contributed by atoms with van der Waals surface area (Å²) in [6.07, 6.45) is 3.88. The van der Waals surface area contributed by atoms with Gasteiger partial charge in [-0.05, 0) is 26.3 Å². The van der Waals surface area contributed by atoms with Crippen LogP contribution < -0.4 is 0 Å². The van der Waals surface area contributed by atoms with Gasteiger partial charge in [-0.2, -0.15) is 0 Å². The number of benzene rings is 1. The SMILES string of the molecule is CC(C)(C)OC(=O)CC(=O)CCOC/C=C/c1ccccc1. The number of rotatable bonds is 8. The Hall–Kier alpha value is -1.94. The first-order valence-electron chi connectivity index (χ1n) is 7.40. The molecule has 0 heterocycles. The fourth-order valence-electron chi connectivity index (χ4n) is 1.71. The Labute approximate surface area is 132 Å². The average molecular weight is 304 g/mol. The molecule has 0 saturated carbocycles. The van der Waals surface area contributed by atoms with Crippen LogP contribution in [0.1, 0.15) is 39.2 Å². The maximum atomic E-state index is 11.6. The molecule has 1 rings (SSSR count). The summed E-state index contributed by atoms with van der Waals surface area (Å²) in [6, 6.07) is 9.90. The molecule has 0 saturated heterocycles. The molecule has 0 radical (unpaired) electrons. The molecule has 0 aliphatic heterocycles. The minimum atomic E-state index is -0.559. The third-order valence-electron chi connectivity index (χ3n) is 2.61. The van der Waals surface area contributed by atoms with Crippen LogP contribution in [0.15, 0.2) is 36.4 Å². The van der Waals surface area contributed by atoms with Crippen molar-refractivity contribution in [1.29, 1.82) is 0 Å². The summed E-state index contributed by atoms with van der Waals surface area (Å²) in [4.78, 5) is 23.1. The van der Waals surface area contributed by atoms with E-state index >= 15 is 0 Å². The van der Waals surface area contributed by atoms with Crippen LogP contribution >= 0.6 is 0 Å². The first kappa shape index (κ1) is 18.1. The van der Waals surface area contributed by atoms with E-state index < -0.39 is 11.6 Å². The van der Waals surface area contributed by atoms with E-state index in [9.17, 15) is 9.59 Å². The van der Waals surface area contributed by atoms with Crippen LogP contribution in [0.3, 0.4) is 0 Å². The highest BCUT2D eigenvalue weighted by atomic mass is 16.6. The van der Waals surface area contributed by atoms with Crippen LogP contribution in [-0.4, -0.2) is 30.6 Å². The highest BCUT2D eigenvalue weighted by Gasteiger charge is 2.18. The molecular weight excluding hydrogens is 280 g/mol. The predicted molar refractivity (Wildman–Crippen MR) is 86.4 cm³/mol. The van der Waals surface area contributed by atoms with Gasteiger partial charge in [0.2, 0.25) is 0 Å². The lowest BCUT2D eigenvalue weighted by Crippen LogP contribution is -2.25. The Balaban J connectivity index is 2.13. The predicted octanol–water partition coefficient (Wildman–Crippen LogP) is 3.41. The molecule has 0 aliphatic carbocycles. The Kier molecular flexibility index (Phi) is 7.54. The van der Waals surface area contributed by atoms with Crippen LogP contribution in [0, 0.1) is 0 Å². The summed E-state index contributed by atoms with van der Waals surface area (Å²) in [5, 5.41) is 0. The Morgan fingerprint density at radius 3 is 2.45 bits per heavy atom. The number of ketones is 1. The van der Waals surface area contributed by atoms with E-state index in [0.717, 1.165) is 5.56 Å². The average Bonchev–Trinajstić information content (AvgIpc) is 2.41. The lowest BCUT2D eigenvalue weighted by molar-refractivity contribution is -0.156. The fraction of sp³-hybridized carbons (Fsp3) is 0.444. The molecule has 1 aromatic carbocycles. The molecule has 0 N–H and O–H groups in total. The van der Waals surface area contributed by atoms with Crippen molar-refractivity contribution in [2.45, 2.75) is 39.2 Å². The Morgan fingerprint density at radius 1 is 1.14 bits per heavy atom. The lowest BCUT2D eigenvalue weighted by Gasteiger charge is -2.19. The van der Waals surface area contributed by atoms with E-state index in [1.54, 1.807) is 20.8 Å². The second kappa shape index (κ2) is 9.15. The van der Waals surface area contributed by atoms with Crippen molar-refractivity contribution in [3.8, 4) is 0 Å². The van der Waals surface area contributed by atoms with Gasteiger partial charge in [-0.15, -0.1) is 0 Å². The molecule has 0 aliphatic rings. The number of esters is 1. The molecule has 22 heavy (non-hydrogen) atoms. The van der Waals surface area contributed by atoms with Crippen molar-refractivity contribution in [3.63, 3.8) is 0 Å². The quantitative estimate of drug-likeness (QED) is 0.419. The van der Waals surface area contributed by atoms with Crippen LogP contribution in [0.2, 0.25) is 0 Å². The summed E-state index contributed by atoms with van der Waals surface area (Å²) < 4.78 is 10.4. The fourth-order valence-corrected chi connectivity index (χ4v) is 1.71. The van der Waals surface area contributed by atoms with E-state index in [-0.39, 0.29) is 18.6 Å². The van der Waals surface area contributed by atoms with Crippen molar-refractivity contribution < 1.29 is 19.1 Å². The van der Waals surface area contributed by atoms with Crippen molar-refractivity contribution in [2.24, 2.45) is 0 Å². The van der Waals surface area contributed by atoms with Crippen LogP contribution in [0.4, 0.5) is 0 Å². The van der Waals surface area contributed by atoms with Gasteiger partial charge in [0.15, 0.2) is 0 Å². The number of ether oxygens (including phenoxy) is 2. The van der Waals surface area contributed by atoms with Gasteiger partial charge in [-0.3, -0.25) is 9.59 Å². The monoisotopic (exact) mass is 304 g/mol. The van der Waals surface area contributed by atoms with Gasteiger partial charge in [0, 0.05) is 6.42 Å². The molecule has 0 aromatic heterocycles. The number of Topliss-reactive ketones (excluding diaryl/α,β-unsaturated/α-hetero) is 1. The summed E-state index contributed by atoms with van der Waals surface area (Å²) >= 11 is 0. The number of hydrogen-bond donors (Lipinski definition) is 0. The lowest BCUT2D eigenvalue weighted by atomic mass is 10.2. The molecule has 0 atom stereocenters. The molecule has 0 unspecified atom stereocenters. The third-order valence-corrected chi connectivity index (χ3v) is 2.61. The van der Waals surface area contributed by atoms with Crippen molar-refractivity contribution >= 4 is 17.8 Å². The highest BCUT2D eigenvalue weighted by Crippen LogP contribution is 2.08. The Bertz CT molecular complexity index is 498. The van der Waals surface area contributed by atoms with Gasteiger partial charge >= 0.3 is 5.97 Å². The highest BCUT2D eigenvalue weighted by molar-refractivity contribution is 5.95. The van der Waals surface area contributed by atoms with Gasteiger partial charge in [0.05, 0.1) is 13.2 Å². The number of carbonyl (C=O) groups excluding carboxylic acids is 2. The van der Waals surface area contributed by atoms with E-state index in [0.29, 0.717) is 13.2 Å². The second-order valence-corrected chi connectivity index (χ2v) is 5.94. The number of carbonyl (C=O) groups is 2. The number of hydrogen-bond acceptors (Lipinski definition) is 4. The molecule has 0 amide bonds. The van der Waals surface area contributed by atoms with Crippen molar-refractivity contribution in [3.05, 3.63) is 42.0 Å². The van der Waals surface area contributed by atoms with Gasteiger partial charge < -0.3 is 9.47 Å². The normalized spacial score (nSPS) is 11.6. The zero-order valence-corrected chi connectivity index (χ0v) is 13.5. The summed E-state index contributed by atoms with van der Waals surface area (Å²) in [7, 11) is 0. The molecular formula is C18H24O4. The van der Waals surface area contributed by atoms with Crippen LogP contribution in [-0.2, 0) is 19.1 Å². The van der Waals surface area contributed by atoms with Gasteiger partial charge in [-0.25, -0.2) is 0 Å². The topological polar surface area (TPSA) is 52.6 Å². The molecule has 0 bridgehead atoms. The molecule has 0 spiro atoms. The maximum absolute atomic E-state index is 11.6. The van der Waals surface area contributed by atoms with Crippen LogP contribution in [0.5, 0.6) is 0 Å². The summed E-state index contributed by atoms with van der Waals surface area (Å²) in [5.74, 6) is -0.650. The van der Waals surface area contributed by atoms with Gasteiger partial charge in [0.1, 0.15) is 17.8 Å². The summed E-state index contributed by atoms with van der Waals surface area (Å²) in [6.45, 7) is 6.07. The maximum Gasteiger partial charge on any atom is 0.313 e. The van der Waals surface area contributed by atoms with Gasteiger partial charge in [-0.1, -0.05) is 42.5 Å². The van der Waals surface area contributed by atoms with E-state index in [1.165, 1.54) is 0 Å². The second-order valence-electron chi connectivity index (χ2n) is 5.94. The zero-order chi connectivity index (χ0) is 16.4. The van der Waals surface area contributed by atoms with Crippen LogP contribution in [0.25, 0.3) is 6.08 Å². The largest absolute Gasteiger partial charge is 0.460 e. The molecule has 1 aromatic rings. The van der Waals surface area contributed by atoms with Crippen molar-refractivity contribution in [1.82, 2.24) is 0 Å². The molecule has 4 heteroatoms. The minimum absolute atomic E-state index is 0.165. The van der Waals surface area contributed by atoms with E-state index in [1.807, 2.05) is 42.5 Å². The Morgan fingerprint density at radius 2 is 1.82 bits per heavy atom. The molecule has 4 nitrogen and oxygen atoms in total. The zero-order valence-electron chi connectivity index (χ0n) is 13.5.